The van der Waals surface area contributed by atoms with Crippen LogP contribution in [0.5, 0.6) is 17.2 Å². The molecule has 5 nitrogen and oxygen atoms in total. The molecule has 3 aliphatic rings. The summed E-state index contributed by atoms with van der Waals surface area (Å²) in [6.07, 6.45) is 3.64. The fraction of sp³-hybridized carbons (Fsp3) is 0.455. The van der Waals surface area contributed by atoms with Gasteiger partial charge in [-0.2, -0.15) is 0 Å². The average Bonchev–Trinajstić information content (AvgIpc) is 3.33. The molecule has 0 amide bonds. The number of para-hydroxylation sites is 1. The van der Waals surface area contributed by atoms with E-state index in [9.17, 15) is 0 Å². The standard InChI is InChI=1S/C22H26N2O3/c1-23(14-19-12-16-4-2-3-5-20(16)27-19)17-8-10-24(11-9-17)18-6-7-21-22(13-18)26-15-25-21/h2-7,13,17,19H,8-12,14-15H2,1H3. The summed E-state index contributed by atoms with van der Waals surface area (Å²) in [5.74, 6) is 2.78. The number of nitrogens with zero attached hydrogens (tertiary/aromatic N) is 2. The Balaban J connectivity index is 1.15. The maximum absolute atomic E-state index is 6.12. The van der Waals surface area contributed by atoms with Crippen molar-refractivity contribution in [1.82, 2.24) is 4.90 Å². The Morgan fingerprint density at radius 2 is 1.81 bits per heavy atom. The van der Waals surface area contributed by atoms with Crippen LogP contribution < -0.4 is 19.1 Å². The van der Waals surface area contributed by atoms with Crippen molar-refractivity contribution < 1.29 is 14.2 Å². The third-order valence-corrected chi connectivity index (χ3v) is 6.01. The first-order valence-corrected chi connectivity index (χ1v) is 9.86. The van der Waals surface area contributed by atoms with Crippen LogP contribution in [0.1, 0.15) is 18.4 Å². The van der Waals surface area contributed by atoms with Crippen LogP contribution in [0.2, 0.25) is 0 Å². The Labute approximate surface area is 160 Å². The number of hydrogen-bond acceptors (Lipinski definition) is 5. The van der Waals surface area contributed by atoms with Gasteiger partial charge in [-0.25, -0.2) is 0 Å². The predicted octanol–water partition coefficient (Wildman–Crippen LogP) is 3.32. The minimum Gasteiger partial charge on any atom is -0.488 e. The number of ether oxygens (including phenoxy) is 3. The van der Waals surface area contributed by atoms with Crippen LogP contribution in [0.4, 0.5) is 5.69 Å². The molecule has 1 atom stereocenters. The van der Waals surface area contributed by atoms with Crippen LogP contribution in [0.3, 0.4) is 0 Å². The van der Waals surface area contributed by atoms with Gasteiger partial charge in [0.15, 0.2) is 11.5 Å². The Morgan fingerprint density at radius 3 is 2.67 bits per heavy atom. The molecule has 2 aromatic carbocycles. The molecule has 2 aromatic rings. The van der Waals surface area contributed by atoms with Gasteiger partial charge < -0.3 is 19.1 Å². The first-order valence-electron chi connectivity index (χ1n) is 9.86. The molecule has 5 heteroatoms. The first kappa shape index (κ1) is 16.8. The van der Waals surface area contributed by atoms with Crippen molar-refractivity contribution in [2.75, 3.05) is 38.4 Å². The largest absolute Gasteiger partial charge is 0.488 e. The first-order chi connectivity index (χ1) is 13.3. The molecule has 0 aromatic heterocycles. The van der Waals surface area contributed by atoms with Crippen molar-refractivity contribution >= 4 is 5.69 Å². The molecule has 3 aliphatic heterocycles. The third kappa shape index (κ3) is 3.32. The number of anilines is 1. The number of fused-ring (bicyclic) bond motifs is 2. The summed E-state index contributed by atoms with van der Waals surface area (Å²) in [7, 11) is 2.24. The van der Waals surface area contributed by atoms with Gasteiger partial charge in [0.25, 0.3) is 0 Å². The predicted molar refractivity (Wildman–Crippen MR) is 105 cm³/mol. The average molecular weight is 366 g/mol. The van der Waals surface area contributed by atoms with Gasteiger partial charge in [-0.3, -0.25) is 4.90 Å². The Morgan fingerprint density at radius 1 is 1.00 bits per heavy atom. The van der Waals surface area contributed by atoms with E-state index in [0.29, 0.717) is 12.8 Å². The monoisotopic (exact) mass is 366 g/mol. The lowest BCUT2D eigenvalue weighted by atomic mass is 10.0. The fourth-order valence-corrected chi connectivity index (χ4v) is 4.47. The molecule has 0 aliphatic carbocycles. The Kier molecular flexibility index (Phi) is 4.32. The van der Waals surface area contributed by atoms with Gasteiger partial charge in [-0.1, -0.05) is 18.2 Å². The van der Waals surface area contributed by atoms with Gasteiger partial charge in [0.2, 0.25) is 6.79 Å². The van der Waals surface area contributed by atoms with Crippen molar-refractivity contribution in [3.05, 3.63) is 48.0 Å². The topological polar surface area (TPSA) is 34.2 Å². The highest BCUT2D eigenvalue weighted by Gasteiger charge is 2.28. The molecule has 0 spiro atoms. The zero-order valence-electron chi connectivity index (χ0n) is 15.8. The zero-order valence-corrected chi connectivity index (χ0v) is 15.8. The van der Waals surface area contributed by atoms with E-state index in [1.165, 1.54) is 24.1 Å². The highest BCUT2D eigenvalue weighted by Crippen LogP contribution is 2.36. The summed E-state index contributed by atoms with van der Waals surface area (Å²) in [5, 5.41) is 0. The number of hydrogen-bond donors (Lipinski definition) is 0. The van der Waals surface area contributed by atoms with Gasteiger partial charge in [0.05, 0.1) is 0 Å². The molecule has 0 radical (unpaired) electrons. The van der Waals surface area contributed by atoms with Crippen molar-refractivity contribution in [2.45, 2.75) is 31.4 Å². The van der Waals surface area contributed by atoms with Crippen LogP contribution in [0, 0.1) is 0 Å². The molecule has 1 unspecified atom stereocenters. The van der Waals surface area contributed by atoms with Crippen molar-refractivity contribution in [3.8, 4) is 17.2 Å². The van der Waals surface area contributed by atoms with Gasteiger partial charge in [-0.05, 0) is 43.7 Å². The summed E-state index contributed by atoms with van der Waals surface area (Å²) in [6.45, 7) is 3.46. The van der Waals surface area contributed by atoms with Crippen LogP contribution in [0.25, 0.3) is 0 Å². The van der Waals surface area contributed by atoms with E-state index in [-0.39, 0.29) is 6.10 Å². The molecule has 27 heavy (non-hydrogen) atoms. The van der Waals surface area contributed by atoms with E-state index < -0.39 is 0 Å². The summed E-state index contributed by atoms with van der Waals surface area (Å²) < 4.78 is 17.1. The second-order valence-electron chi connectivity index (χ2n) is 7.75. The van der Waals surface area contributed by atoms with Crippen LogP contribution in [-0.2, 0) is 6.42 Å². The summed E-state index contributed by atoms with van der Waals surface area (Å²) >= 11 is 0. The molecule has 1 saturated heterocycles. The van der Waals surface area contributed by atoms with E-state index >= 15 is 0 Å². The lowest BCUT2D eigenvalue weighted by molar-refractivity contribution is 0.126. The number of likely N-dealkylation sites (N-methyl/N-ethyl adjacent to an activating group) is 1. The highest BCUT2D eigenvalue weighted by molar-refractivity contribution is 5.57. The summed E-state index contributed by atoms with van der Waals surface area (Å²) in [5.41, 5.74) is 2.57. The zero-order chi connectivity index (χ0) is 18.2. The van der Waals surface area contributed by atoms with E-state index in [2.05, 4.69) is 53.2 Å². The van der Waals surface area contributed by atoms with E-state index in [1.54, 1.807) is 0 Å². The summed E-state index contributed by atoms with van der Waals surface area (Å²) in [6, 6.07) is 15.3. The molecule has 0 bridgehead atoms. The molecule has 5 rings (SSSR count). The van der Waals surface area contributed by atoms with Crippen LogP contribution >= 0.6 is 0 Å². The van der Waals surface area contributed by atoms with E-state index in [4.69, 9.17) is 14.2 Å². The van der Waals surface area contributed by atoms with Gasteiger partial charge in [0.1, 0.15) is 11.9 Å². The maximum Gasteiger partial charge on any atom is 0.231 e. The molecule has 142 valence electrons. The fourth-order valence-electron chi connectivity index (χ4n) is 4.47. The molecule has 3 heterocycles. The Bertz CT molecular complexity index is 792. The quantitative estimate of drug-likeness (QED) is 0.829. The lowest BCUT2D eigenvalue weighted by Crippen LogP contribution is -2.46. The van der Waals surface area contributed by atoms with Crippen molar-refractivity contribution in [3.63, 3.8) is 0 Å². The molecular weight excluding hydrogens is 340 g/mol. The van der Waals surface area contributed by atoms with E-state index in [0.717, 1.165) is 43.3 Å². The third-order valence-electron chi connectivity index (χ3n) is 6.01. The second kappa shape index (κ2) is 6.97. The van der Waals surface area contributed by atoms with Gasteiger partial charge >= 0.3 is 0 Å². The van der Waals surface area contributed by atoms with Crippen molar-refractivity contribution in [2.24, 2.45) is 0 Å². The summed E-state index contributed by atoms with van der Waals surface area (Å²) in [4.78, 5) is 4.95. The van der Waals surface area contributed by atoms with Gasteiger partial charge in [0, 0.05) is 43.9 Å². The maximum atomic E-state index is 6.12. The molecular formula is C22H26N2O3. The normalized spacial score (nSPS) is 21.4. The molecule has 0 saturated carbocycles. The Hall–Kier alpha value is -2.40. The number of piperidine rings is 1. The minimum absolute atomic E-state index is 0.277. The minimum atomic E-state index is 0.277. The number of benzene rings is 2. The van der Waals surface area contributed by atoms with E-state index in [1.807, 2.05) is 6.07 Å². The van der Waals surface area contributed by atoms with Crippen LogP contribution in [-0.4, -0.2) is 50.5 Å². The van der Waals surface area contributed by atoms with Crippen molar-refractivity contribution in [1.29, 1.82) is 0 Å². The van der Waals surface area contributed by atoms with Gasteiger partial charge in [-0.15, -0.1) is 0 Å². The molecule has 1 fully saturated rings. The highest BCUT2D eigenvalue weighted by atomic mass is 16.7. The molecule has 0 N–H and O–H groups in total. The SMILES string of the molecule is CN(CC1Cc2ccccc2O1)C1CCN(c2ccc3c(c2)OCO3)CC1. The lowest BCUT2D eigenvalue weighted by Gasteiger charge is -2.38. The van der Waals surface area contributed by atoms with Crippen LogP contribution in [0.15, 0.2) is 42.5 Å². The second-order valence-corrected chi connectivity index (χ2v) is 7.75. The number of rotatable bonds is 4. The smallest absolute Gasteiger partial charge is 0.231 e.